The Hall–Kier alpha value is -1.22. The Morgan fingerprint density at radius 2 is 2.05 bits per heavy atom. The Balaban J connectivity index is 2.20. The van der Waals surface area contributed by atoms with E-state index in [2.05, 4.69) is 11.4 Å². The zero-order valence-electron chi connectivity index (χ0n) is 12.0. The van der Waals surface area contributed by atoms with E-state index in [9.17, 15) is 8.78 Å². The second-order valence-corrected chi connectivity index (χ2v) is 5.56. The number of hydrogen-bond donors (Lipinski definition) is 1. The largest absolute Gasteiger partial charge is 0.316 e. The standard InChI is InChI=1S/C17H23F2N/c1-20-12-16(14-7-3-2-4-8-14)11-13-6-5-9-15(10-13)17(18)19/h5-6,9-11,14,17,20H,2-4,7-8,12H2,1H3/b16-11-. The Morgan fingerprint density at radius 3 is 2.70 bits per heavy atom. The average Bonchev–Trinajstić information content (AvgIpc) is 2.48. The fourth-order valence-corrected chi connectivity index (χ4v) is 2.99. The van der Waals surface area contributed by atoms with Crippen LogP contribution >= 0.6 is 0 Å². The topological polar surface area (TPSA) is 12.0 Å². The van der Waals surface area contributed by atoms with Crippen LogP contribution in [0, 0.1) is 5.92 Å². The van der Waals surface area contributed by atoms with Crippen LogP contribution in [0.5, 0.6) is 0 Å². The first kappa shape index (κ1) is 15.2. The van der Waals surface area contributed by atoms with E-state index in [1.54, 1.807) is 12.1 Å². The molecule has 0 aliphatic heterocycles. The van der Waals surface area contributed by atoms with Crippen molar-refractivity contribution >= 4 is 6.08 Å². The van der Waals surface area contributed by atoms with Gasteiger partial charge in [0, 0.05) is 12.1 Å². The first-order valence-electron chi connectivity index (χ1n) is 7.44. The van der Waals surface area contributed by atoms with Crippen LogP contribution in [0.15, 0.2) is 29.8 Å². The first-order chi connectivity index (χ1) is 9.70. The van der Waals surface area contributed by atoms with Gasteiger partial charge < -0.3 is 5.32 Å². The number of nitrogens with one attached hydrogen (secondary N) is 1. The fraction of sp³-hybridized carbons (Fsp3) is 0.529. The van der Waals surface area contributed by atoms with E-state index in [1.165, 1.54) is 43.7 Å². The molecule has 0 saturated heterocycles. The summed E-state index contributed by atoms with van der Waals surface area (Å²) in [6, 6.07) is 6.71. The molecule has 110 valence electrons. The van der Waals surface area contributed by atoms with Crippen molar-refractivity contribution in [3.63, 3.8) is 0 Å². The predicted octanol–water partition coefficient (Wildman–Crippen LogP) is 4.81. The van der Waals surface area contributed by atoms with Gasteiger partial charge >= 0.3 is 0 Å². The van der Waals surface area contributed by atoms with Gasteiger partial charge in [-0.15, -0.1) is 0 Å². The third-order valence-corrected chi connectivity index (χ3v) is 4.03. The maximum Gasteiger partial charge on any atom is 0.263 e. The summed E-state index contributed by atoms with van der Waals surface area (Å²) >= 11 is 0. The van der Waals surface area contributed by atoms with E-state index >= 15 is 0 Å². The minimum absolute atomic E-state index is 0.103. The second kappa shape index (κ2) is 7.53. The second-order valence-electron chi connectivity index (χ2n) is 5.56. The third-order valence-electron chi connectivity index (χ3n) is 4.03. The van der Waals surface area contributed by atoms with Crippen LogP contribution in [-0.2, 0) is 0 Å². The molecule has 0 amide bonds. The number of hydrogen-bond acceptors (Lipinski definition) is 1. The lowest BCUT2D eigenvalue weighted by atomic mass is 9.83. The van der Waals surface area contributed by atoms with Gasteiger partial charge in [0.25, 0.3) is 6.43 Å². The smallest absolute Gasteiger partial charge is 0.263 e. The van der Waals surface area contributed by atoms with Gasteiger partial charge in [0.05, 0.1) is 0 Å². The van der Waals surface area contributed by atoms with Crippen LogP contribution in [0.1, 0.15) is 49.7 Å². The van der Waals surface area contributed by atoms with E-state index in [1.807, 2.05) is 13.1 Å². The maximum absolute atomic E-state index is 12.8. The van der Waals surface area contributed by atoms with Crippen LogP contribution in [0.3, 0.4) is 0 Å². The van der Waals surface area contributed by atoms with Crippen molar-refractivity contribution in [2.24, 2.45) is 5.92 Å². The van der Waals surface area contributed by atoms with Crippen molar-refractivity contribution in [2.45, 2.75) is 38.5 Å². The molecule has 1 aliphatic rings. The number of likely N-dealkylation sites (N-methyl/N-ethyl adjacent to an activating group) is 1. The lowest BCUT2D eigenvalue weighted by Crippen LogP contribution is -2.19. The highest BCUT2D eigenvalue weighted by molar-refractivity contribution is 5.55. The van der Waals surface area contributed by atoms with Crippen LogP contribution in [0.25, 0.3) is 6.08 Å². The SMILES string of the molecule is CNC/C(=C/c1cccc(C(F)F)c1)C1CCCCC1. The van der Waals surface area contributed by atoms with Crippen LogP contribution in [-0.4, -0.2) is 13.6 Å². The van der Waals surface area contributed by atoms with Gasteiger partial charge in [0.1, 0.15) is 0 Å². The molecule has 2 rings (SSSR count). The van der Waals surface area contributed by atoms with E-state index < -0.39 is 6.43 Å². The van der Waals surface area contributed by atoms with E-state index in [-0.39, 0.29) is 5.56 Å². The number of benzene rings is 1. The highest BCUT2D eigenvalue weighted by Crippen LogP contribution is 2.31. The van der Waals surface area contributed by atoms with Crippen molar-refractivity contribution in [1.29, 1.82) is 0 Å². The van der Waals surface area contributed by atoms with Crippen molar-refractivity contribution in [3.05, 3.63) is 41.0 Å². The molecule has 20 heavy (non-hydrogen) atoms. The lowest BCUT2D eigenvalue weighted by Gasteiger charge is -2.24. The molecule has 1 nitrogen and oxygen atoms in total. The molecule has 1 saturated carbocycles. The summed E-state index contributed by atoms with van der Waals surface area (Å²) in [6.07, 6.45) is 6.03. The molecule has 1 fully saturated rings. The van der Waals surface area contributed by atoms with Gasteiger partial charge in [-0.3, -0.25) is 0 Å². The zero-order valence-corrected chi connectivity index (χ0v) is 12.0. The number of halogens is 2. The van der Waals surface area contributed by atoms with Crippen molar-refractivity contribution < 1.29 is 8.78 Å². The van der Waals surface area contributed by atoms with E-state index in [4.69, 9.17) is 0 Å². The van der Waals surface area contributed by atoms with E-state index in [0.29, 0.717) is 5.92 Å². The normalized spacial score (nSPS) is 17.7. The van der Waals surface area contributed by atoms with Gasteiger partial charge in [0.15, 0.2) is 0 Å². The van der Waals surface area contributed by atoms with Crippen LogP contribution in [0.4, 0.5) is 8.78 Å². The molecular formula is C17H23F2N. The van der Waals surface area contributed by atoms with E-state index in [0.717, 1.165) is 12.1 Å². The van der Waals surface area contributed by atoms with Gasteiger partial charge in [-0.25, -0.2) is 8.78 Å². The summed E-state index contributed by atoms with van der Waals surface area (Å²) < 4.78 is 25.5. The number of alkyl halides is 2. The molecule has 1 aromatic rings. The molecule has 0 spiro atoms. The highest BCUT2D eigenvalue weighted by atomic mass is 19.3. The summed E-state index contributed by atoms with van der Waals surface area (Å²) in [7, 11) is 1.94. The third kappa shape index (κ3) is 4.14. The lowest BCUT2D eigenvalue weighted by molar-refractivity contribution is 0.151. The summed E-state index contributed by atoms with van der Waals surface area (Å²) in [4.78, 5) is 0. The van der Waals surface area contributed by atoms with Crippen molar-refractivity contribution in [2.75, 3.05) is 13.6 Å². The summed E-state index contributed by atoms with van der Waals surface area (Å²) in [5, 5.41) is 3.21. The Labute approximate surface area is 120 Å². The summed E-state index contributed by atoms with van der Waals surface area (Å²) in [5.41, 5.74) is 2.34. The van der Waals surface area contributed by atoms with Gasteiger partial charge in [0.2, 0.25) is 0 Å². The molecule has 1 N–H and O–H groups in total. The molecule has 0 aromatic heterocycles. The van der Waals surface area contributed by atoms with Crippen LogP contribution in [0.2, 0.25) is 0 Å². The Kier molecular flexibility index (Phi) is 5.72. The number of rotatable bonds is 5. The Bertz CT molecular complexity index is 448. The van der Waals surface area contributed by atoms with Crippen molar-refractivity contribution in [3.8, 4) is 0 Å². The molecule has 1 aromatic carbocycles. The first-order valence-corrected chi connectivity index (χ1v) is 7.44. The highest BCUT2D eigenvalue weighted by Gasteiger charge is 2.17. The van der Waals surface area contributed by atoms with Gasteiger partial charge in [-0.2, -0.15) is 0 Å². The predicted molar refractivity (Wildman–Crippen MR) is 79.9 cm³/mol. The quantitative estimate of drug-likeness (QED) is 0.815. The van der Waals surface area contributed by atoms with Gasteiger partial charge in [-0.1, -0.05) is 49.1 Å². The maximum atomic E-state index is 12.8. The monoisotopic (exact) mass is 279 g/mol. The minimum atomic E-state index is -2.40. The van der Waals surface area contributed by atoms with Gasteiger partial charge in [-0.05, 0) is 37.4 Å². The molecule has 0 atom stereocenters. The average molecular weight is 279 g/mol. The molecule has 0 heterocycles. The van der Waals surface area contributed by atoms with Crippen LogP contribution < -0.4 is 5.32 Å². The van der Waals surface area contributed by atoms with Crippen molar-refractivity contribution in [1.82, 2.24) is 5.32 Å². The fourth-order valence-electron chi connectivity index (χ4n) is 2.99. The summed E-state index contributed by atoms with van der Waals surface area (Å²) in [6.45, 7) is 0.837. The molecular weight excluding hydrogens is 256 g/mol. The Morgan fingerprint density at radius 1 is 1.30 bits per heavy atom. The molecule has 1 aliphatic carbocycles. The molecule has 0 bridgehead atoms. The summed E-state index contributed by atoms with van der Waals surface area (Å²) in [5.74, 6) is 0.603. The zero-order chi connectivity index (χ0) is 14.4. The molecule has 0 unspecified atom stereocenters. The minimum Gasteiger partial charge on any atom is -0.316 e. The molecule has 0 radical (unpaired) electrons. The molecule has 3 heteroatoms.